The topological polar surface area (TPSA) is 55.1 Å². The molecule has 0 radical (unpaired) electrons. The third kappa shape index (κ3) is 3.72. The second-order valence-corrected chi connectivity index (χ2v) is 5.85. The Morgan fingerprint density at radius 2 is 2.11 bits per heavy atom. The van der Waals surface area contributed by atoms with Crippen molar-refractivity contribution in [1.29, 1.82) is 0 Å². The van der Waals surface area contributed by atoms with Gasteiger partial charge < -0.3 is 11.1 Å². The van der Waals surface area contributed by atoms with Crippen molar-refractivity contribution in [3.8, 4) is 0 Å². The van der Waals surface area contributed by atoms with Crippen LogP contribution in [0.1, 0.15) is 44.6 Å². The molecule has 0 aliphatic heterocycles. The molecule has 3 N–H and O–H groups in total. The maximum absolute atomic E-state index is 12.2. The zero-order valence-corrected chi connectivity index (χ0v) is 11.9. The van der Waals surface area contributed by atoms with Gasteiger partial charge in [0.25, 0.3) is 0 Å². The van der Waals surface area contributed by atoms with E-state index in [1.807, 2.05) is 32.0 Å². The molecule has 1 unspecified atom stereocenters. The van der Waals surface area contributed by atoms with E-state index in [-0.39, 0.29) is 11.8 Å². The van der Waals surface area contributed by atoms with Crippen molar-refractivity contribution in [3.63, 3.8) is 0 Å². The maximum Gasteiger partial charge on any atom is 0.227 e. The number of carbonyl (C=O) groups is 1. The van der Waals surface area contributed by atoms with E-state index < -0.39 is 0 Å². The van der Waals surface area contributed by atoms with Crippen molar-refractivity contribution in [2.75, 3.05) is 11.1 Å². The average Bonchev–Trinajstić information content (AvgIpc) is 2.86. The smallest absolute Gasteiger partial charge is 0.227 e. The molecule has 0 saturated heterocycles. The van der Waals surface area contributed by atoms with E-state index in [1.54, 1.807) is 0 Å². The van der Waals surface area contributed by atoms with Crippen LogP contribution in [0.2, 0.25) is 0 Å². The summed E-state index contributed by atoms with van der Waals surface area (Å²) >= 11 is 0. The number of nitrogen functional groups attached to an aromatic ring is 1. The van der Waals surface area contributed by atoms with Crippen molar-refractivity contribution in [1.82, 2.24) is 0 Å². The van der Waals surface area contributed by atoms with E-state index in [2.05, 4.69) is 5.32 Å². The van der Waals surface area contributed by atoms with Gasteiger partial charge in [-0.2, -0.15) is 0 Å². The minimum Gasteiger partial charge on any atom is -0.399 e. The van der Waals surface area contributed by atoms with Gasteiger partial charge >= 0.3 is 0 Å². The van der Waals surface area contributed by atoms with Crippen LogP contribution in [0.15, 0.2) is 18.2 Å². The molecule has 2 rings (SSSR count). The van der Waals surface area contributed by atoms with Crippen molar-refractivity contribution >= 4 is 17.3 Å². The maximum atomic E-state index is 12.2. The van der Waals surface area contributed by atoms with Crippen LogP contribution < -0.4 is 11.1 Å². The highest BCUT2D eigenvalue weighted by Crippen LogP contribution is 2.30. The van der Waals surface area contributed by atoms with Crippen molar-refractivity contribution in [2.24, 2.45) is 11.8 Å². The summed E-state index contributed by atoms with van der Waals surface area (Å²) in [5, 5.41) is 3.01. The molecule has 1 aromatic rings. The molecule has 1 aromatic carbocycles. The summed E-state index contributed by atoms with van der Waals surface area (Å²) in [6.45, 7) is 4.01. The standard InChI is InChI=1S/C16H24N2O/c1-11-7-8-14(17)10-15(11)18-16(19)12(2)9-13-5-3-4-6-13/h7-8,10,12-13H,3-6,9,17H2,1-2H3,(H,18,19). The quantitative estimate of drug-likeness (QED) is 0.810. The minimum atomic E-state index is 0.0731. The van der Waals surface area contributed by atoms with Gasteiger partial charge in [0.2, 0.25) is 5.91 Å². The molecular weight excluding hydrogens is 236 g/mol. The minimum absolute atomic E-state index is 0.0731. The van der Waals surface area contributed by atoms with E-state index in [0.29, 0.717) is 5.69 Å². The summed E-state index contributed by atoms with van der Waals surface area (Å²) in [6, 6.07) is 5.62. The van der Waals surface area contributed by atoms with Gasteiger partial charge in [0, 0.05) is 17.3 Å². The lowest BCUT2D eigenvalue weighted by molar-refractivity contribution is -0.119. The Balaban J connectivity index is 1.93. The van der Waals surface area contributed by atoms with Crippen LogP contribution in [0.3, 0.4) is 0 Å². The van der Waals surface area contributed by atoms with Crippen LogP contribution in [0.5, 0.6) is 0 Å². The predicted molar refractivity (Wildman–Crippen MR) is 80.0 cm³/mol. The molecule has 1 aliphatic rings. The Labute approximate surface area is 115 Å². The van der Waals surface area contributed by atoms with E-state index >= 15 is 0 Å². The molecule has 1 atom stereocenters. The Bertz CT molecular complexity index is 450. The number of hydrogen-bond donors (Lipinski definition) is 2. The molecule has 3 nitrogen and oxygen atoms in total. The molecular formula is C16H24N2O. The highest BCUT2D eigenvalue weighted by Gasteiger charge is 2.22. The monoisotopic (exact) mass is 260 g/mol. The second-order valence-electron chi connectivity index (χ2n) is 5.85. The fourth-order valence-corrected chi connectivity index (χ4v) is 2.88. The van der Waals surface area contributed by atoms with Crippen molar-refractivity contribution < 1.29 is 4.79 Å². The van der Waals surface area contributed by atoms with Gasteiger partial charge in [-0.25, -0.2) is 0 Å². The van der Waals surface area contributed by atoms with Crippen LogP contribution in [0, 0.1) is 18.8 Å². The Morgan fingerprint density at radius 3 is 2.79 bits per heavy atom. The van der Waals surface area contributed by atoms with Gasteiger partial charge in [0.1, 0.15) is 0 Å². The van der Waals surface area contributed by atoms with Crippen LogP contribution >= 0.6 is 0 Å². The van der Waals surface area contributed by atoms with Crippen molar-refractivity contribution in [3.05, 3.63) is 23.8 Å². The molecule has 3 heteroatoms. The fourth-order valence-electron chi connectivity index (χ4n) is 2.88. The lowest BCUT2D eigenvalue weighted by atomic mass is 9.94. The Hall–Kier alpha value is -1.51. The van der Waals surface area contributed by atoms with Crippen molar-refractivity contribution in [2.45, 2.75) is 46.0 Å². The number of nitrogens with one attached hydrogen (secondary N) is 1. The highest BCUT2D eigenvalue weighted by atomic mass is 16.1. The first-order valence-electron chi connectivity index (χ1n) is 7.23. The molecule has 0 spiro atoms. The molecule has 0 bridgehead atoms. The number of hydrogen-bond acceptors (Lipinski definition) is 2. The normalized spacial score (nSPS) is 17.4. The number of anilines is 2. The fraction of sp³-hybridized carbons (Fsp3) is 0.562. The first-order valence-corrected chi connectivity index (χ1v) is 7.23. The molecule has 104 valence electrons. The third-order valence-electron chi connectivity index (χ3n) is 4.13. The van der Waals surface area contributed by atoms with E-state index in [0.717, 1.165) is 23.6 Å². The number of aryl methyl sites for hydroxylation is 1. The molecule has 0 aromatic heterocycles. The summed E-state index contributed by atoms with van der Waals surface area (Å²) in [6.07, 6.45) is 6.23. The zero-order chi connectivity index (χ0) is 13.8. The molecule has 1 aliphatic carbocycles. The first kappa shape index (κ1) is 13.9. The van der Waals surface area contributed by atoms with E-state index in [4.69, 9.17) is 5.73 Å². The predicted octanol–water partition coefficient (Wildman–Crippen LogP) is 3.73. The SMILES string of the molecule is Cc1ccc(N)cc1NC(=O)C(C)CC1CCCC1. The number of benzene rings is 1. The van der Waals surface area contributed by atoms with Gasteiger partial charge in [-0.15, -0.1) is 0 Å². The van der Waals surface area contributed by atoms with E-state index in [1.165, 1.54) is 25.7 Å². The zero-order valence-electron chi connectivity index (χ0n) is 11.9. The largest absolute Gasteiger partial charge is 0.399 e. The first-order chi connectivity index (χ1) is 9.06. The number of rotatable bonds is 4. The molecule has 0 heterocycles. The summed E-state index contributed by atoms with van der Waals surface area (Å²) in [5.41, 5.74) is 8.33. The number of nitrogens with two attached hydrogens (primary N) is 1. The highest BCUT2D eigenvalue weighted by molar-refractivity contribution is 5.93. The molecule has 1 saturated carbocycles. The Morgan fingerprint density at radius 1 is 1.42 bits per heavy atom. The summed E-state index contributed by atoms with van der Waals surface area (Å²) < 4.78 is 0. The number of amides is 1. The van der Waals surface area contributed by atoms with Crippen LogP contribution in [-0.2, 0) is 4.79 Å². The summed E-state index contributed by atoms with van der Waals surface area (Å²) in [7, 11) is 0. The van der Waals surface area contributed by atoms with Crippen LogP contribution in [0.25, 0.3) is 0 Å². The average molecular weight is 260 g/mol. The van der Waals surface area contributed by atoms with Crippen LogP contribution in [-0.4, -0.2) is 5.91 Å². The van der Waals surface area contributed by atoms with Gasteiger partial charge in [-0.05, 0) is 37.0 Å². The lowest BCUT2D eigenvalue weighted by Crippen LogP contribution is -2.22. The van der Waals surface area contributed by atoms with Gasteiger partial charge in [0.05, 0.1) is 0 Å². The summed E-state index contributed by atoms with van der Waals surface area (Å²) in [4.78, 5) is 12.2. The van der Waals surface area contributed by atoms with Gasteiger partial charge in [-0.3, -0.25) is 4.79 Å². The van der Waals surface area contributed by atoms with E-state index in [9.17, 15) is 4.79 Å². The lowest BCUT2D eigenvalue weighted by Gasteiger charge is -2.17. The second kappa shape index (κ2) is 6.09. The Kier molecular flexibility index (Phi) is 4.46. The van der Waals surface area contributed by atoms with Gasteiger partial charge in [0.15, 0.2) is 0 Å². The number of carbonyl (C=O) groups excluding carboxylic acids is 1. The third-order valence-corrected chi connectivity index (χ3v) is 4.13. The van der Waals surface area contributed by atoms with Gasteiger partial charge in [-0.1, -0.05) is 38.7 Å². The molecule has 1 fully saturated rings. The van der Waals surface area contributed by atoms with Crippen LogP contribution in [0.4, 0.5) is 11.4 Å². The summed E-state index contributed by atoms with van der Waals surface area (Å²) in [5.74, 6) is 0.923. The molecule has 19 heavy (non-hydrogen) atoms. The molecule has 1 amide bonds.